The summed E-state index contributed by atoms with van der Waals surface area (Å²) >= 11 is 2.33. The lowest BCUT2D eigenvalue weighted by Crippen LogP contribution is -2.58. The zero-order chi connectivity index (χ0) is 46.1. The van der Waals surface area contributed by atoms with Crippen LogP contribution in [0, 0.1) is 18.3 Å². The van der Waals surface area contributed by atoms with Crippen LogP contribution < -0.4 is 20.1 Å². The van der Waals surface area contributed by atoms with Crippen molar-refractivity contribution in [3.63, 3.8) is 0 Å². The van der Waals surface area contributed by atoms with E-state index in [1.165, 1.54) is 41.6 Å². The van der Waals surface area contributed by atoms with Crippen molar-refractivity contribution in [3.05, 3.63) is 77.3 Å². The largest absolute Gasteiger partial charge is 0.471 e. The first-order valence-electron chi connectivity index (χ1n) is 20.3. The van der Waals surface area contributed by atoms with Gasteiger partial charge in [-0.25, -0.2) is 23.2 Å². The lowest BCUT2D eigenvalue weighted by Gasteiger charge is -2.35. The van der Waals surface area contributed by atoms with Crippen molar-refractivity contribution in [3.8, 4) is 17.3 Å². The molecule has 3 N–H and O–H groups in total. The van der Waals surface area contributed by atoms with Gasteiger partial charge in [0.25, 0.3) is 5.91 Å². The highest BCUT2D eigenvalue weighted by Crippen LogP contribution is 2.46. The van der Waals surface area contributed by atoms with E-state index in [1.807, 2.05) is 45.0 Å². The third-order valence-electron chi connectivity index (χ3n) is 11.6. The van der Waals surface area contributed by atoms with Crippen molar-refractivity contribution in [2.75, 3.05) is 19.0 Å². The second-order valence-electron chi connectivity index (χ2n) is 17.2. The molecule has 21 heteroatoms. The van der Waals surface area contributed by atoms with Gasteiger partial charge in [-0.05, 0) is 49.8 Å². The molecule has 0 radical (unpaired) electrons. The highest BCUT2D eigenvalue weighted by Gasteiger charge is 2.62. The fraction of sp³-hybridized carbons (Fsp3) is 0.419. The number of thiophene rings is 1. The molecule has 338 valence electrons. The summed E-state index contributed by atoms with van der Waals surface area (Å²) in [5.74, 6) is -3.23. The molecule has 64 heavy (non-hydrogen) atoms. The molecule has 15 nitrogen and oxygen atoms in total. The van der Waals surface area contributed by atoms with Crippen LogP contribution in [0.15, 0.2) is 61.2 Å². The van der Waals surface area contributed by atoms with Gasteiger partial charge in [0.2, 0.25) is 27.7 Å². The first-order chi connectivity index (χ1) is 30.1. The van der Waals surface area contributed by atoms with E-state index in [9.17, 15) is 40.8 Å². The van der Waals surface area contributed by atoms with Gasteiger partial charge in [-0.3, -0.25) is 19.1 Å². The summed E-state index contributed by atoms with van der Waals surface area (Å²) in [5.41, 5.74) is -2.16. The Labute approximate surface area is 373 Å². The molecule has 3 aromatic heterocycles. The first kappa shape index (κ1) is 44.9. The average molecular weight is 940 g/mol. The number of hydrogen-bond acceptors (Lipinski definition) is 14. The maximum Gasteiger partial charge on any atom is 0.416 e. The number of esters is 1. The van der Waals surface area contributed by atoms with Gasteiger partial charge < -0.3 is 25.0 Å². The molecule has 0 spiro atoms. The van der Waals surface area contributed by atoms with Gasteiger partial charge in [0.1, 0.15) is 33.3 Å². The van der Waals surface area contributed by atoms with Crippen LogP contribution in [0.1, 0.15) is 67.4 Å². The number of sulfonamides is 1. The van der Waals surface area contributed by atoms with Crippen LogP contribution in [0.4, 0.5) is 18.3 Å². The molecule has 3 amide bonds. The minimum absolute atomic E-state index is 0.0739. The number of thiazole rings is 1. The van der Waals surface area contributed by atoms with Crippen LogP contribution in [0.5, 0.6) is 5.88 Å². The molecule has 1 aliphatic heterocycles. The maximum atomic E-state index is 15.0. The fourth-order valence-corrected chi connectivity index (χ4v) is 11.2. The van der Waals surface area contributed by atoms with Gasteiger partial charge in [0.05, 0.1) is 35.7 Å². The smallest absolute Gasteiger partial charge is 0.416 e. The Morgan fingerprint density at radius 3 is 2.34 bits per heavy atom. The zero-order valence-corrected chi connectivity index (χ0v) is 37.7. The van der Waals surface area contributed by atoms with Crippen molar-refractivity contribution in [2.24, 2.45) is 11.3 Å². The number of ether oxygens (including phenoxy) is 2. The monoisotopic (exact) mass is 939 g/mol. The van der Waals surface area contributed by atoms with Crippen molar-refractivity contribution < 1.29 is 50.2 Å². The molecule has 2 saturated carbocycles. The van der Waals surface area contributed by atoms with E-state index < -0.39 is 85.8 Å². The van der Waals surface area contributed by atoms with Crippen LogP contribution in [-0.4, -0.2) is 94.6 Å². The molecule has 5 aromatic rings. The Hall–Kier alpha value is -5.67. The third-order valence-corrected chi connectivity index (χ3v) is 15.6. The number of methoxy groups -OCH3 is 1. The number of aromatic nitrogens is 3. The summed E-state index contributed by atoms with van der Waals surface area (Å²) in [4.78, 5) is 71.3. The van der Waals surface area contributed by atoms with Crippen molar-refractivity contribution in [1.82, 2.24) is 29.9 Å². The predicted molar refractivity (Wildman–Crippen MR) is 234 cm³/mol. The molecule has 5 atom stereocenters. The SMILES string of the molecule is C=C[C@@H]1C[C@]1(NC(=O)[C@@H]1C[C@@H](Oc2nc(-c3ccc(C(F)(F)F)cc3)nc3c2sc2ccccc23)CN1C(=O)[C@@H](Nc1nc(C)c(C(=O)OC)s1)C(C)(C)C)C(=O)NS(=O)(=O)C1CC1. The first-order valence-corrected chi connectivity index (χ1v) is 23.5. The Morgan fingerprint density at radius 2 is 1.72 bits per heavy atom. The number of likely N-dealkylation sites (tertiary alicyclic amines) is 1. The standard InChI is InChI=1S/C43H44F3N7O8S3/c1-7-23-19-42(23,39(57)52-64(58,59)26-16-17-26)51-35(54)28-18-25(20-53(28)37(55)33(41(3,4)5)49-40-47-21(2)31(63-40)38(56)60-6)61-36-32-30(27-10-8-9-11-29(27)62-32)48-34(50-36)22-12-14-24(15-13-22)43(44,45)46/h7-15,23,25-26,28,33H,1,16-20H2,2-6H3,(H,47,49)(H,51,54)(H,52,57)/t23-,25-,28+,33-,42-/m1/s1. The van der Waals surface area contributed by atoms with Gasteiger partial charge in [0.15, 0.2) is 11.0 Å². The molecule has 0 unspecified atom stereocenters. The fourth-order valence-electron chi connectivity index (χ4n) is 7.81. The Morgan fingerprint density at radius 1 is 1.02 bits per heavy atom. The van der Waals surface area contributed by atoms with Crippen LogP contribution in [0.25, 0.3) is 31.7 Å². The van der Waals surface area contributed by atoms with E-state index in [-0.39, 0.29) is 46.7 Å². The van der Waals surface area contributed by atoms with Crippen molar-refractivity contribution in [1.29, 1.82) is 0 Å². The molecule has 3 fully saturated rings. The van der Waals surface area contributed by atoms with Crippen molar-refractivity contribution in [2.45, 2.75) is 88.5 Å². The Kier molecular flexibility index (Phi) is 11.5. The summed E-state index contributed by atoms with van der Waals surface area (Å²) in [7, 11) is -2.74. The van der Waals surface area contributed by atoms with E-state index in [1.54, 1.807) is 6.92 Å². The molecule has 3 aliphatic rings. The minimum atomic E-state index is -4.56. The molecular formula is C43H44F3N7O8S3. The minimum Gasteiger partial charge on any atom is -0.471 e. The van der Waals surface area contributed by atoms with Gasteiger partial charge in [-0.1, -0.05) is 68.5 Å². The Balaban J connectivity index is 1.16. The topological polar surface area (TPSA) is 199 Å². The highest BCUT2D eigenvalue weighted by molar-refractivity contribution is 7.91. The van der Waals surface area contributed by atoms with Gasteiger partial charge in [0, 0.05) is 28.0 Å². The quantitative estimate of drug-likeness (QED) is 0.0843. The van der Waals surface area contributed by atoms with Gasteiger partial charge in [-0.15, -0.1) is 17.9 Å². The second-order valence-corrected chi connectivity index (χ2v) is 21.2. The predicted octanol–water partition coefficient (Wildman–Crippen LogP) is 6.63. The number of nitrogens with one attached hydrogen (secondary N) is 3. The van der Waals surface area contributed by atoms with Crippen molar-refractivity contribution >= 4 is 81.8 Å². The number of alkyl halides is 3. The van der Waals surface area contributed by atoms with E-state index in [4.69, 9.17) is 19.4 Å². The number of benzene rings is 2. The highest BCUT2D eigenvalue weighted by atomic mass is 32.2. The van der Waals surface area contributed by atoms with Crippen LogP contribution in [0.3, 0.4) is 0 Å². The Bertz CT molecular complexity index is 2820. The molecule has 2 aromatic carbocycles. The molecule has 0 bridgehead atoms. The normalized spacial score (nSPS) is 21.6. The molecular weight excluding hydrogens is 896 g/mol. The van der Waals surface area contributed by atoms with E-state index >= 15 is 0 Å². The third kappa shape index (κ3) is 8.63. The number of aryl methyl sites for hydroxylation is 1. The number of carbonyl (C=O) groups is 4. The van der Waals surface area contributed by atoms with Gasteiger partial charge >= 0.3 is 12.1 Å². The summed E-state index contributed by atoms with van der Waals surface area (Å²) < 4.78 is 81.3. The zero-order valence-electron chi connectivity index (χ0n) is 35.2. The lowest BCUT2D eigenvalue weighted by molar-refractivity contribution is -0.141. The average Bonchev–Trinajstić information content (AvgIpc) is 4.10. The lowest BCUT2D eigenvalue weighted by atomic mass is 9.85. The van der Waals surface area contributed by atoms with E-state index in [0.29, 0.717) is 28.8 Å². The number of amides is 3. The summed E-state index contributed by atoms with van der Waals surface area (Å²) in [6.07, 6.45) is -3.23. The van der Waals surface area contributed by atoms with Gasteiger partial charge in [-0.2, -0.15) is 18.2 Å². The number of anilines is 1. The number of hydrogen-bond donors (Lipinski definition) is 3. The molecule has 2 aliphatic carbocycles. The summed E-state index contributed by atoms with van der Waals surface area (Å²) in [6, 6.07) is 9.52. The van der Waals surface area contributed by atoms with Crippen LogP contribution in [-0.2, 0) is 35.3 Å². The second kappa shape index (κ2) is 16.4. The number of fused-ring (bicyclic) bond motifs is 3. The number of halogens is 3. The molecule has 1 saturated heterocycles. The number of rotatable bonds is 13. The molecule has 8 rings (SSSR count). The summed E-state index contributed by atoms with van der Waals surface area (Å²) in [6.45, 7) is 10.7. The summed E-state index contributed by atoms with van der Waals surface area (Å²) in [5, 5.41) is 6.27. The number of carbonyl (C=O) groups excluding carboxylic acids is 4. The van der Waals surface area contributed by atoms with Crippen LogP contribution >= 0.6 is 22.7 Å². The maximum absolute atomic E-state index is 15.0. The number of nitrogens with zero attached hydrogens (tertiary/aromatic N) is 4. The van der Waals surface area contributed by atoms with E-state index in [0.717, 1.165) is 33.6 Å². The van der Waals surface area contributed by atoms with Crippen LogP contribution in [0.2, 0.25) is 0 Å². The van der Waals surface area contributed by atoms with E-state index in [2.05, 4.69) is 26.9 Å². The molecule has 4 heterocycles.